The largest absolute Gasteiger partial charge is 0.456 e. The van der Waals surface area contributed by atoms with Crippen LogP contribution in [0.5, 0.6) is 0 Å². The molecular weight excluding hydrogens is 775 g/mol. The van der Waals surface area contributed by atoms with E-state index in [2.05, 4.69) is 235 Å². The van der Waals surface area contributed by atoms with Gasteiger partial charge in [0.25, 0.3) is 0 Å². The predicted molar refractivity (Wildman–Crippen MR) is 266 cm³/mol. The van der Waals surface area contributed by atoms with Gasteiger partial charge >= 0.3 is 0 Å². The summed E-state index contributed by atoms with van der Waals surface area (Å²) in [5, 5.41) is 7.40. The van der Waals surface area contributed by atoms with Gasteiger partial charge < -0.3 is 8.98 Å². The maximum Gasteiger partial charge on any atom is 0.135 e. The molecule has 2 nitrogen and oxygen atoms in total. The van der Waals surface area contributed by atoms with Gasteiger partial charge in [-0.25, -0.2) is 0 Å². The minimum Gasteiger partial charge on any atom is -0.456 e. The zero-order valence-electron chi connectivity index (χ0n) is 35.3. The molecule has 302 valence electrons. The summed E-state index contributed by atoms with van der Waals surface area (Å²) in [6, 6.07) is 85.4. The molecule has 0 saturated carbocycles. The first kappa shape index (κ1) is 36.7. The molecule has 12 aromatic rings. The lowest BCUT2D eigenvalue weighted by Gasteiger charge is -2.35. The number of rotatable bonds is 8. The summed E-state index contributed by atoms with van der Waals surface area (Å²) in [7, 11) is 0. The summed E-state index contributed by atoms with van der Waals surface area (Å²) < 4.78 is 8.98. The number of para-hydroxylation sites is 3. The van der Waals surface area contributed by atoms with Crippen molar-refractivity contribution in [2.45, 2.75) is 24.2 Å². The molecular formula is C62H43NO. The summed E-state index contributed by atoms with van der Waals surface area (Å²) in [5.41, 5.74) is 16.8. The lowest BCUT2D eigenvalue weighted by Crippen LogP contribution is -2.29. The Labute approximate surface area is 372 Å². The van der Waals surface area contributed by atoms with Crippen molar-refractivity contribution >= 4 is 54.5 Å². The van der Waals surface area contributed by atoms with Crippen molar-refractivity contribution in [2.75, 3.05) is 0 Å². The first-order valence-corrected chi connectivity index (χ1v) is 22.5. The maximum absolute atomic E-state index is 6.54. The molecule has 2 aromatic heterocycles. The Balaban J connectivity index is 0.985. The van der Waals surface area contributed by atoms with Crippen molar-refractivity contribution in [1.82, 2.24) is 4.57 Å². The van der Waals surface area contributed by atoms with Crippen LogP contribution in [-0.4, -0.2) is 4.57 Å². The molecule has 0 spiro atoms. The molecule has 2 heteroatoms. The second-order valence-corrected chi connectivity index (χ2v) is 17.5. The highest BCUT2D eigenvalue weighted by molar-refractivity contribution is 6.10. The Morgan fingerprint density at radius 2 is 1.02 bits per heavy atom. The van der Waals surface area contributed by atoms with E-state index in [4.69, 9.17) is 4.42 Å². The van der Waals surface area contributed by atoms with Crippen LogP contribution in [0.1, 0.15) is 51.3 Å². The molecule has 1 unspecified atom stereocenters. The third-order valence-electron chi connectivity index (χ3n) is 14.1. The number of hydrogen-bond donors (Lipinski definition) is 0. The smallest absolute Gasteiger partial charge is 0.135 e. The van der Waals surface area contributed by atoms with E-state index in [-0.39, 0.29) is 5.92 Å². The van der Waals surface area contributed by atoms with Crippen LogP contribution in [-0.2, 0) is 11.8 Å². The fourth-order valence-electron chi connectivity index (χ4n) is 11.3. The molecule has 1 atom stereocenters. The molecule has 0 N–H and O–H groups in total. The number of nitrogens with zero attached hydrogens (tertiary/aromatic N) is 1. The molecule has 1 aliphatic rings. The monoisotopic (exact) mass is 817 g/mol. The molecule has 0 aliphatic heterocycles. The SMILES string of the molecule is c1ccc(-n2c3ccccc3c3ccc(C(CCc4ccc5c(c4)C(c4ccccc4)(c4ccccc4)c4c-5ccc5ccccc45)c4ccc5c(c4)oc4ccccc45)cc32)cc1. The third-order valence-corrected chi connectivity index (χ3v) is 14.1. The number of aryl methyl sites for hydroxylation is 1. The Hall–Kier alpha value is -7.94. The van der Waals surface area contributed by atoms with Crippen molar-refractivity contribution in [3.63, 3.8) is 0 Å². The molecule has 0 saturated heterocycles. The van der Waals surface area contributed by atoms with Gasteiger partial charge in [-0.15, -0.1) is 0 Å². The van der Waals surface area contributed by atoms with Crippen LogP contribution >= 0.6 is 0 Å². The first-order chi connectivity index (χ1) is 31.7. The molecule has 0 fully saturated rings. The number of benzene rings is 10. The maximum atomic E-state index is 6.54. The van der Waals surface area contributed by atoms with Gasteiger partial charge in [-0.3, -0.25) is 0 Å². The second kappa shape index (κ2) is 14.6. The van der Waals surface area contributed by atoms with E-state index in [1.165, 1.54) is 88.3 Å². The standard InChI is InChI=1S/C62H43NO/c1-4-17-45(18-5-1)62(46-19-6-2-7-20-46)56-38-41(29-34-50(56)55-37-30-42-16-10-11-23-49(42)61(55)62)28-33-48(44-32-36-54-53-25-13-15-27-59(53)64-60(54)40-44)43-31-35-52-51-24-12-14-26-57(51)63(58(52)39-43)47-21-8-3-9-22-47/h1-27,29-32,34-40,48H,28,33H2. The Bertz CT molecular complexity index is 3690. The highest BCUT2D eigenvalue weighted by Gasteiger charge is 2.47. The Kier molecular flexibility index (Phi) is 8.36. The van der Waals surface area contributed by atoms with Gasteiger partial charge in [0.05, 0.1) is 16.4 Å². The van der Waals surface area contributed by atoms with Crippen LogP contribution in [0.25, 0.3) is 71.3 Å². The summed E-state index contributed by atoms with van der Waals surface area (Å²) >= 11 is 0. The number of aromatic nitrogens is 1. The molecule has 2 heterocycles. The zero-order chi connectivity index (χ0) is 42.2. The average molecular weight is 818 g/mol. The molecule has 1 aliphatic carbocycles. The Morgan fingerprint density at radius 1 is 0.422 bits per heavy atom. The van der Waals surface area contributed by atoms with Crippen molar-refractivity contribution in [3.05, 3.63) is 269 Å². The van der Waals surface area contributed by atoms with Gasteiger partial charge in [-0.05, 0) is 110 Å². The van der Waals surface area contributed by atoms with E-state index in [1.807, 2.05) is 0 Å². The van der Waals surface area contributed by atoms with E-state index in [9.17, 15) is 0 Å². The van der Waals surface area contributed by atoms with Gasteiger partial charge in [0.2, 0.25) is 0 Å². The summed E-state index contributed by atoms with van der Waals surface area (Å²) in [6.07, 6.45) is 1.81. The summed E-state index contributed by atoms with van der Waals surface area (Å²) in [5.74, 6) is 0.103. The van der Waals surface area contributed by atoms with E-state index in [0.717, 1.165) is 34.8 Å². The van der Waals surface area contributed by atoms with E-state index >= 15 is 0 Å². The lowest BCUT2D eigenvalue weighted by atomic mass is 9.66. The molecule has 13 rings (SSSR count). The quantitative estimate of drug-likeness (QED) is 0.149. The van der Waals surface area contributed by atoms with Gasteiger partial charge in [-0.1, -0.05) is 194 Å². The van der Waals surface area contributed by atoms with Crippen LogP contribution in [0, 0.1) is 0 Å². The topological polar surface area (TPSA) is 18.1 Å². The van der Waals surface area contributed by atoms with Crippen LogP contribution in [0.2, 0.25) is 0 Å². The molecule has 0 bridgehead atoms. The number of fused-ring (bicyclic) bond motifs is 11. The van der Waals surface area contributed by atoms with Crippen molar-refractivity contribution in [3.8, 4) is 16.8 Å². The highest BCUT2D eigenvalue weighted by atomic mass is 16.3. The highest BCUT2D eigenvalue weighted by Crippen LogP contribution is 2.58. The minimum atomic E-state index is -0.494. The number of hydrogen-bond acceptors (Lipinski definition) is 1. The fraction of sp³-hybridized carbons (Fsp3) is 0.0645. The van der Waals surface area contributed by atoms with Crippen molar-refractivity contribution < 1.29 is 4.42 Å². The molecule has 0 amide bonds. The number of furan rings is 1. The fourth-order valence-corrected chi connectivity index (χ4v) is 11.3. The van der Waals surface area contributed by atoms with Gasteiger partial charge in [0.1, 0.15) is 11.2 Å². The van der Waals surface area contributed by atoms with Crippen molar-refractivity contribution in [1.29, 1.82) is 0 Å². The van der Waals surface area contributed by atoms with Crippen LogP contribution in [0.15, 0.2) is 235 Å². The summed E-state index contributed by atoms with van der Waals surface area (Å²) in [6.45, 7) is 0. The second-order valence-electron chi connectivity index (χ2n) is 17.5. The lowest BCUT2D eigenvalue weighted by molar-refractivity contribution is 0.664. The van der Waals surface area contributed by atoms with E-state index in [1.54, 1.807) is 0 Å². The normalized spacial score (nSPS) is 13.5. The third kappa shape index (κ3) is 5.52. The zero-order valence-corrected chi connectivity index (χ0v) is 35.3. The van der Waals surface area contributed by atoms with Gasteiger partial charge in [0.15, 0.2) is 0 Å². The minimum absolute atomic E-state index is 0.103. The van der Waals surface area contributed by atoms with Crippen molar-refractivity contribution in [2.24, 2.45) is 0 Å². The molecule has 64 heavy (non-hydrogen) atoms. The summed E-state index contributed by atoms with van der Waals surface area (Å²) in [4.78, 5) is 0. The van der Waals surface area contributed by atoms with E-state index in [0.29, 0.717) is 0 Å². The average Bonchev–Trinajstić information content (AvgIpc) is 4.01. The molecule has 10 aromatic carbocycles. The van der Waals surface area contributed by atoms with Crippen LogP contribution in [0.3, 0.4) is 0 Å². The first-order valence-electron chi connectivity index (χ1n) is 22.5. The Morgan fingerprint density at radius 3 is 1.80 bits per heavy atom. The van der Waals surface area contributed by atoms with Gasteiger partial charge in [0, 0.05) is 33.2 Å². The van der Waals surface area contributed by atoms with Crippen LogP contribution < -0.4 is 0 Å². The molecule has 0 radical (unpaired) electrons. The van der Waals surface area contributed by atoms with Crippen LogP contribution in [0.4, 0.5) is 0 Å². The van der Waals surface area contributed by atoms with Gasteiger partial charge in [-0.2, -0.15) is 0 Å². The van der Waals surface area contributed by atoms with E-state index < -0.39 is 5.41 Å². The predicted octanol–water partition coefficient (Wildman–Crippen LogP) is 16.0.